The van der Waals surface area contributed by atoms with Gasteiger partial charge in [-0.25, -0.2) is 4.98 Å². The van der Waals surface area contributed by atoms with Crippen molar-refractivity contribution in [3.63, 3.8) is 0 Å². The third-order valence-electron chi connectivity index (χ3n) is 2.90. The monoisotopic (exact) mass is 284 g/mol. The molecule has 0 fully saturated rings. The summed E-state index contributed by atoms with van der Waals surface area (Å²) >= 11 is 5.82. The highest BCUT2D eigenvalue weighted by molar-refractivity contribution is 6.28. The van der Waals surface area contributed by atoms with Gasteiger partial charge in [0, 0.05) is 0 Å². The van der Waals surface area contributed by atoms with Crippen LogP contribution in [0, 0.1) is 11.3 Å². The van der Waals surface area contributed by atoms with Gasteiger partial charge in [0.2, 0.25) is 5.28 Å². The van der Waals surface area contributed by atoms with Crippen molar-refractivity contribution < 1.29 is 0 Å². The minimum Gasteiger partial charge on any atom is -0.382 e. The molecule has 0 bridgehead atoms. The van der Waals surface area contributed by atoms with Crippen molar-refractivity contribution in [3.05, 3.63) is 47.0 Å². The van der Waals surface area contributed by atoms with Gasteiger partial charge >= 0.3 is 0 Å². The summed E-state index contributed by atoms with van der Waals surface area (Å²) in [7, 11) is 0. The second kappa shape index (κ2) is 4.79. The Morgan fingerprint density at radius 1 is 1.25 bits per heavy atom. The average Bonchev–Trinajstić information content (AvgIpc) is 2.83. The maximum Gasteiger partial charge on any atom is 0.226 e. The second-order valence-electron chi connectivity index (χ2n) is 4.23. The minimum atomic E-state index is 0.0941. The summed E-state index contributed by atoms with van der Waals surface area (Å²) in [5.74, 6) is 0.263. The van der Waals surface area contributed by atoms with Gasteiger partial charge < -0.3 is 10.3 Å². The number of anilines is 1. The van der Waals surface area contributed by atoms with Crippen LogP contribution in [0.3, 0.4) is 0 Å². The molecule has 0 atom stereocenters. The zero-order valence-electron chi connectivity index (χ0n) is 10.3. The molecule has 7 heteroatoms. The number of nitrogen functional groups attached to an aromatic ring is 1. The zero-order valence-corrected chi connectivity index (χ0v) is 11.0. The Morgan fingerprint density at radius 3 is 2.70 bits per heavy atom. The quantitative estimate of drug-likeness (QED) is 0.726. The number of halogens is 1. The number of hydrogen-bond donors (Lipinski definition) is 1. The first-order valence-corrected chi connectivity index (χ1v) is 6.18. The highest BCUT2D eigenvalue weighted by atomic mass is 35.5. The van der Waals surface area contributed by atoms with Gasteiger partial charge in [0.1, 0.15) is 5.52 Å². The first-order chi connectivity index (χ1) is 9.67. The average molecular weight is 285 g/mol. The molecule has 0 spiro atoms. The molecule has 0 unspecified atom stereocenters. The molecule has 0 radical (unpaired) electrons. The molecule has 0 aliphatic heterocycles. The minimum absolute atomic E-state index is 0.0941. The molecule has 0 aliphatic carbocycles. The smallest absolute Gasteiger partial charge is 0.226 e. The van der Waals surface area contributed by atoms with E-state index < -0.39 is 0 Å². The van der Waals surface area contributed by atoms with Crippen molar-refractivity contribution in [2.45, 2.75) is 6.54 Å². The lowest BCUT2D eigenvalue weighted by Gasteiger charge is -2.04. The summed E-state index contributed by atoms with van der Waals surface area (Å²) in [4.78, 5) is 12.2. The normalized spacial score (nSPS) is 10.6. The largest absolute Gasteiger partial charge is 0.382 e. The molecule has 98 valence electrons. The Morgan fingerprint density at radius 2 is 2.00 bits per heavy atom. The third kappa shape index (κ3) is 2.15. The Labute approximate surface area is 119 Å². The lowest BCUT2D eigenvalue weighted by Crippen LogP contribution is -2.01. The van der Waals surface area contributed by atoms with Crippen LogP contribution in [-0.4, -0.2) is 19.5 Å². The summed E-state index contributed by atoms with van der Waals surface area (Å²) in [6, 6.07) is 9.39. The van der Waals surface area contributed by atoms with Crippen molar-refractivity contribution in [2.24, 2.45) is 0 Å². The van der Waals surface area contributed by atoms with Crippen molar-refractivity contribution in [1.82, 2.24) is 19.5 Å². The topological polar surface area (TPSA) is 93.4 Å². The molecule has 3 rings (SSSR count). The van der Waals surface area contributed by atoms with E-state index in [2.05, 4.69) is 21.0 Å². The van der Waals surface area contributed by atoms with Gasteiger partial charge in [-0.2, -0.15) is 15.2 Å². The van der Waals surface area contributed by atoms with Crippen LogP contribution in [0.1, 0.15) is 11.1 Å². The Hall–Kier alpha value is -2.65. The van der Waals surface area contributed by atoms with E-state index >= 15 is 0 Å². The molecular weight excluding hydrogens is 276 g/mol. The number of aromatic nitrogens is 4. The number of hydrogen-bond acceptors (Lipinski definition) is 5. The molecule has 1 aromatic carbocycles. The number of fused-ring (bicyclic) bond motifs is 1. The third-order valence-corrected chi connectivity index (χ3v) is 3.07. The van der Waals surface area contributed by atoms with Crippen LogP contribution in [0.25, 0.3) is 11.2 Å². The van der Waals surface area contributed by atoms with E-state index in [1.165, 1.54) is 0 Å². The molecule has 2 heterocycles. The fraction of sp³-hybridized carbons (Fsp3) is 0.0769. The summed E-state index contributed by atoms with van der Waals surface area (Å²) in [5, 5.41) is 8.87. The van der Waals surface area contributed by atoms with Crippen LogP contribution < -0.4 is 5.73 Å². The number of benzene rings is 1. The van der Waals surface area contributed by atoms with Gasteiger partial charge in [-0.05, 0) is 29.3 Å². The van der Waals surface area contributed by atoms with Crippen molar-refractivity contribution in [2.75, 3.05) is 5.73 Å². The fourth-order valence-electron chi connectivity index (χ4n) is 1.94. The second-order valence-corrected chi connectivity index (χ2v) is 4.57. The molecule has 3 aromatic rings. The summed E-state index contributed by atoms with van der Waals surface area (Å²) in [6.45, 7) is 0.564. The molecule has 2 N–H and O–H groups in total. The number of nitrogens with zero attached hydrogens (tertiary/aromatic N) is 5. The lowest BCUT2D eigenvalue weighted by atomic mass is 10.1. The van der Waals surface area contributed by atoms with Crippen LogP contribution in [0.2, 0.25) is 5.28 Å². The van der Waals surface area contributed by atoms with E-state index in [0.29, 0.717) is 23.3 Å². The van der Waals surface area contributed by atoms with Crippen LogP contribution in [-0.2, 0) is 6.54 Å². The number of rotatable bonds is 2. The van der Waals surface area contributed by atoms with Gasteiger partial charge in [0.15, 0.2) is 11.5 Å². The molecule has 0 aliphatic rings. The highest BCUT2D eigenvalue weighted by Crippen LogP contribution is 2.19. The number of nitriles is 1. The molecule has 0 saturated carbocycles. The molecule has 20 heavy (non-hydrogen) atoms. The van der Waals surface area contributed by atoms with Gasteiger partial charge in [0.05, 0.1) is 24.5 Å². The van der Waals surface area contributed by atoms with Gasteiger partial charge in [0.25, 0.3) is 0 Å². The van der Waals surface area contributed by atoms with Gasteiger partial charge in [-0.1, -0.05) is 12.1 Å². The van der Waals surface area contributed by atoms with E-state index in [-0.39, 0.29) is 11.1 Å². The Balaban J connectivity index is 2.00. The van der Waals surface area contributed by atoms with E-state index in [4.69, 9.17) is 22.6 Å². The Bertz CT molecular complexity index is 815. The van der Waals surface area contributed by atoms with E-state index in [1.54, 1.807) is 18.5 Å². The highest BCUT2D eigenvalue weighted by Gasteiger charge is 2.10. The predicted molar refractivity (Wildman–Crippen MR) is 75.0 cm³/mol. The number of nitrogens with two attached hydrogens (primary N) is 1. The van der Waals surface area contributed by atoms with Crippen LogP contribution in [0.4, 0.5) is 5.82 Å². The summed E-state index contributed by atoms with van der Waals surface area (Å²) < 4.78 is 1.83. The van der Waals surface area contributed by atoms with Crippen molar-refractivity contribution >= 4 is 28.6 Å². The summed E-state index contributed by atoms with van der Waals surface area (Å²) in [6.07, 6.45) is 1.64. The molecule has 0 amide bonds. The predicted octanol–water partition coefficient (Wildman–Crippen LogP) is 1.98. The fourth-order valence-corrected chi connectivity index (χ4v) is 2.11. The molecular formula is C13H9ClN6. The molecule has 2 aromatic heterocycles. The van der Waals surface area contributed by atoms with Crippen molar-refractivity contribution in [3.8, 4) is 6.07 Å². The van der Waals surface area contributed by atoms with Crippen LogP contribution in [0.5, 0.6) is 0 Å². The molecule has 6 nitrogen and oxygen atoms in total. The first kappa shape index (κ1) is 12.4. The maximum atomic E-state index is 8.78. The van der Waals surface area contributed by atoms with Gasteiger partial charge in [-0.15, -0.1) is 0 Å². The Kier molecular flexibility index (Phi) is 2.97. The maximum absolute atomic E-state index is 8.78. The zero-order chi connectivity index (χ0) is 14.1. The molecule has 0 saturated heterocycles. The number of imidazole rings is 1. The summed E-state index contributed by atoms with van der Waals surface area (Å²) in [5.41, 5.74) is 8.52. The van der Waals surface area contributed by atoms with Gasteiger partial charge in [-0.3, -0.25) is 0 Å². The van der Waals surface area contributed by atoms with E-state index in [9.17, 15) is 0 Å². The van der Waals surface area contributed by atoms with E-state index in [0.717, 1.165) is 5.56 Å². The van der Waals surface area contributed by atoms with E-state index in [1.807, 2.05) is 16.7 Å². The van der Waals surface area contributed by atoms with Crippen LogP contribution in [0.15, 0.2) is 30.6 Å². The SMILES string of the molecule is N#Cc1ccc(Cn2cnc3c(N)nc(Cl)nc32)cc1. The first-order valence-electron chi connectivity index (χ1n) is 5.80. The van der Waals surface area contributed by atoms with Crippen LogP contribution >= 0.6 is 11.6 Å². The standard InChI is InChI=1S/C13H9ClN6/c14-13-18-11(16)10-12(19-13)20(7-17-10)6-9-3-1-8(5-15)2-4-9/h1-4,7H,6H2,(H2,16,18,19). The lowest BCUT2D eigenvalue weighted by molar-refractivity contribution is 0.813. The van der Waals surface area contributed by atoms with Crippen molar-refractivity contribution in [1.29, 1.82) is 5.26 Å².